The smallest absolute Gasteiger partial charge is 0.232 e. The molecule has 7 heteroatoms. The van der Waals surface area contributed by atoms with Crippen molar-refractivity contribution in [2.24, 2.45) is 0 Å². The molecular formula is C42H26N6O. The van der Waals surface area contributed by atoms with Gasteiger partial charge in [-0.15, -0.1) is 0 Å². The molecule has 6 aromatic carbocycles. The van der Waals surface area contributed by atoms with Crippen LogP contribution in [0.3, 0.4) is 0 Å². The predicted molar refractivity (Wildman–Crippen MR) is 194 cm³/mol. The van der Waals surface area contributed by atoms with Crippen molar-refractivity contribution in [1.29, 1.82) is 0 Å². The van der Waals surface area contributed by atoms with Crippen molar-refractivity contribution in [3.8, 4) is 51.0 Å². The Morgan fingerprint density at radius 2 is 1.02 bits per heavy atom. The highest BCUT2D eigenvalue weighted by molar-refractivity contribution is 6.06. The quantitative estimate of drug-likeness (QED) is 0.189. The number of nitrogens with zero attached hydrogens (tertiary/aromatic N) is 6. The van der Waals surface area contributed by atoms with Crippen LogP contribution in [0, 0.1) is 0 Å². The molecule has 10 rings (SSSR count). The fourth-order valence-corrected chi connectivity index (χ4v) is 6.68. The second-order valence-corrected chi connectivity index (χ2v) is 12.0. The van der Waals surface area contributed by atoms with Gasteiger partial charge in [0.2, 0.25) is 11.5 Å². The summed E-state index contributed by atoms with van der Waals surface area (Å²) >= 11 is 0. The molecule has 0 atom stereocenters. The lowest BCUT2D eigenvalue weighted by molar-refractivity contribution is 0.651. The highest BCUT2D eigenvalue weighted by Gasteiger charge is 2.23. The highest BCUT2D eigenvalue weighted by Crippen LogP contribution is 2.37. The van der Waals surface area contributed by atoms with Gasteiger partial charge in [-0.2, -0.15) is 0 Å². The summed E-state index contributed by atoms with van der Waals surface area (Å²) in [5.41, 5.74) is 10.4. The van der Waals surface area contributed by atoms with E-state index in [4.69, 9.17) is 24.4 Å². The monoisotopic (exact) mass is 630 g/mol. The van der Waals surface area contributed by atoms with Gasteiger partial charge in [0.25, 0.3) is 0 Å². The molecule has 0 aliphatic carbocycles. The number of benzene rings is 6. The Kier molecular flexibility index (Phi) is 6.04. The standard InChI is InChI=1S/C42H26N6O/c1-4-13-27(14-5-1)38-44-39(28-15-6-2-7-16-28)46-40(45-38)31-18-12-17-29(25-31)30-23-24-35-34(26-30)43-42-47(32-19-8-3-9-20-32)37-33-21-10-11-22-36(33)49-41(37)48(35)42/h1-26H. The fraction of sp³-hybridized carbons (Fsp3) is 0. The van der Waals surface area contributed by atoms with Crippen molar-refractivity contribution in [2.75, 3.05) is 0 Å². The van der Waals surface area contributed by atoms with E-state index in [1.54, 1.807) is 0 Å². The lowest BCUT2D eigenvalue weighted by atomic mass is 10.0. The molecule has 230 valence electrons. The molecule has 0 unspecified atom stereocenters. The summed E-state index contributed by atoms with van der Waals surface area (Å²) in [5.74, 6) is 2.69. The Hall–Kier alpha value is -6.86. The Morgan fingerprint density at radius 1 is 0.449 bits per heavy atom. The van der Waals surface area contributed by atoms with Gasteiger partial charge >= 0.3 is 0 Å². The van der Waals surface area contributed by atoms with E-state index in [1.165, 1.54) is 0 Å². The van der Waals surface area contributed by atoms with Crippen molar-refractivity contribution in [2.45, 2.75) is 0 Å². The van der Waals surface area contributed by atoms with Gasteiger partial charge in [0.15, 0.2) is 17.5 Å². The molecule has 4 aromatic heterocycles. The first-order chi connectivity index (χ1) is 24.3. The molecule has 0 aliphatic heterocycles. The summed E-state index contributed by atoms with van der Waals surface area (Å²) < 4.78 is 10.8. The number of rotatable bonds is 5. The molecule has 0 saturated heterocycles. The van der Waals surface area contributed by atoms with Crippen molar-refractivity contribution < 1.29 is 4.42 Å². The zero-order valence-corrected chi connectivity index (χ0v) is 26.1. The zero-order valence-electron chi connectivity index (χ0n) is 26.1. The first kappa shape index (κ1) is 27.3. The van der Waals surface area contributed by atoms with E-state index in [2.05, 4.69) is 57.5 Å². The third-order valence-electron chi connectivity index (χ3n) is 8.98. The molecule has 0 spiro atoms. The maximum atomic E-state index is 6.48. The maximum absolute atomic E-state index is 6.48. The number of aromatic nitrogens is 6. The Morgan fingerprint density at radius 3 is 1.73 bits per heavy atom. The molecule has 0 radical (unpaired) electrons. The average Bonchev–Trinajstić information content (AvgIpc) is 3.83. The number of imidazole rings is 2. The molecule has 0 fully saturated rings. The molecule has 0 amide bonds. The molecular weight excluding hydrogens is 605 g/mol. The molecule has 0 N–H and O–H groups in total. The van der Waals surface area contributed by atoms with Crippen molar-refractivity contribution in [3.63, 3.8) is 0 Å². The Labute approximate surface area is 280 Å². The molecule has 4 heterocycles. The number of fused-ring (bicyclic) bond motifs is 7. The normalized spacial score (nSPS) is 11.7. The molecule has 0 aliphatic rings. The van der Waals surface area contributed by atoms with E-state index >= 15 is 0 Å². The largest absolute Gasteiger partial charge is 0.437 e. The maximum Gasteiger partial charge on any atom is 0.232 e. The second-order valence-electron chi connectivity index (χ2n) is 12.0. The van der Waals surface area contributed by atoms with Gasteiger partial charge in [0.05, 0.1) is 11.0 Å². The molecule has 49 heavy (non-hydrogen) atoms. The summed E-state index contributed by atoms with van der Waals surface area (Å²) in [4.78, 5) is 19.9. The minimum atomic E-state index is 0.618. The lowest BCUT2D eigenvalue weighted by Gasteiger charge is -2.09. The molecule has 0 saturated carbocycles. The van der Waals surface area contributed by atoms with Crippen LogP contribution >= 0.6 is 0 Å². The highest BCUT2D eigenvalue weighted by atomic mass is 16.3. The minimum absolute atomic E-state index is 0.618. The van der Waals surface area contributed by atoms with Crippen LogP contribution in [0.15, 0.2) is 162 Å². The molecule has 0 bridgehead atoms. The third-order valence-corrected chi connectivity index (χ3v) is 8.98. The van der Waals surface area contributed by atoms with Gasteiger partial charge < -0.3 is 4.42 Å². The van der Waals surface area contributed by atoms with Crippen LogP contribution in [0.5, 0.6) is 0 Å². The average molecular weight is 631 g/mol. The molecule has 7 nitrogen and oxygen atoms in total. The van der Waals surface area contributed by atoms with E-state index in [0.29, 0.717) is 17.5 Å². The fourth-order valence-electron chi connectivity index (χ4n) is 6.68. The second kappa shape index (κ2) is 10.9. The lowest BCUT2D eigenvalue weighted by Crippen LogP contribution is -2.00. The summed E-state index contributed by atoms with van der Waals surface area (Å²) in [6, 6.07) is 53.3. The SMILES string of the molecule is c1ccc(-c2nc(-c3ccccc3)nc(-c3cccc(-c4ccc5c(c4)nc4n(-c6ccccc6)c6c7ccccc7oc6n54)c3)n2)cc1. The van der Waals surface area contributed by atoms with Gasteiger partial charge in [0, 0.05) is 27.8 Å². The van der Waals surface area contributed by atoms with Crippen LogP contribution in [-0.2, 0) is 0 Å². The first-order valence-corrected chi connectivity index (χ1v) is 16.2. The van der Waals surface area contributed by atoms with E-state index < -0.39 is 0 Å². The van der Waals surface area contributed by atoms with Crippen LogP contribution in [0.25, 0.3) is 90.0 Å². The van der Waals surface area contributed by atoms with E-state index in [-0.39, 0.29) is 0 Å². The van der Waals surface area contributed by atoms with Crippen molar-refractivity contribution in [1.82, 2.24) is 28.9 Å². The van der Waals surface area contributed by atoms with E-state index in [9.17, 15) is 0 Å². The zero-order chi connectivity index (χ0) is 32.3. The van der Waals surface area contributed by atoms with Crippen molar-refractivity contribution in [3.05, 3.63) is 158 Å². The van der Waals surface area contributed by atoms with Gasteiger partial charge in [-0.05, 0) is 53.6 Å². The molecule has 10 aromatic rings. The number of para-hydroxylation sites is 2. The summed E-state index contributed by atoms with van der Waals surface area (Å²) in [6.45, 7) is 0. The summed E-state index contributed by atoms with van der Waals surface area (Å²) in [6.07, 6.45) is 0. The van der Waals surface area contributed by atoms with Crippen LogP contribution in [0.2, 0.25) is 0 Å². The number of furan rings is 1. The van der Waals surface area contributed by atoms with Crippen LogP contribution in [-0.4, -0.2) is 28.9 Å². The van der Waals surface area contributed by atoms with Gasteiger partial charge in [-0.25, -0.2) is 24.3 Å². The topological polar surface area (TPSA) is 74.0 Å². The van der Waals surface area contributed by atoms with Crippen LogP contribution < -0.4 is 0 Å². The first-order valence-electron chi connectivity index (χ1n) is 16.2. The minimum Gasteiger partial charge on any atom is -0.437 e. The summed E-state index contributed by atoms with van der Waals surface area (Å²) in [5, 5.41) is 1.05. The Balaban J connectivity index is 1.12. The van der Waals surface area contributed by atoms with Crippen molar-refractivity contribution >= 4 is 39.0 Å². The van der Waals surface area contributed by atoms with E-state index in [0.717, 1.165) is 72.5 Å². The van der Waals surface area contributed by atoms with Gasteiger partial charge in [-0.3, -0.25) is 4.57 Å². The predicted octanol–water partition coefficient (Wildman–Crippen LogP) is 10.0. The van der Waals surface area contributed by atoms with E-state index in [1.807, 2.05) is 109 Å². The van der Waals surface area contributed by atoms with Crippen LogP contribution in [0.4, 0.5) is 0 Å². The number of hydrogen-bond acceptors (Lipinski definition) is 5. The van der Waals surface area contributed by atoms with Crippen LogP contribution in [0.1, 0.15) is 0 Å². The summed E-state index contributed by atoms with van der Waals surface area (Å²) in [7, 11) is 0. The Bertz CT molecular complexity index is 2760. The third kappa shape index (κ3) is 4.44. The van der Waals surface area contributed by atoms with Gasteiger partial charge in [-0.1, -0.05) is 115 Å². The van der Waals surface area contributed by atoms with Gasteiger partial charge in [0.1, 0.15) is 11.1 Å². The number of hydrogen-bond donors (Lipinski definition) is 0.